The molecular formula is C22H27F3N2O3S. The molecule has 170 valence electrons. The normalized spacial score (nSPS) is 16.3. The lowest BCUT2D eigenvalue weighted by Gasteiger charge is -2.26. The zero-order valence-electron chi connectivity index (χ0n) is 17.4. The average Bonchev–Trinajstić information content (AvgIpc) is 2.78. The van der Waals surface area contributed by atoms with Crippen LogP contribution in [0, 0.1) is 0 Å². The molecule has 0 aliphatic carbocycles. The summed E-state index contributed by atoms with van der Waals surface area (Å²) >= 11 is 1.15. The fourth-order valence-electron chi connectivity index (χ4n) is 3.48. The van der Waals surface area contributed by atoms with Crippen LogP contribution in [0.3, 0.4) is 0 Å². The third-order valence-corrected chi connectivity index (χ3v) is 6.01. The Balaban J connectivity index is 0.00000166. The number of halogens is 3. The predicted molar refractivity (Wildman–Crippen MR) is 117 cm³/mol. The first-order valence-electron chi connectivity index (χ1n) is 9.95. The van der Waals surface area contributed by atoms with Crippen LogP contribution in [0.4, 0.5) is 18.9 Å². The standard InChI is InChI=1S/C21H23F3N2O2S.CH4O/c1-2-13-5-6-14(20(27)28)10-19(13)29-26-18-11-16(21(22,23)24)7-8-17(18)15-4-3-9-25-12-15;1-2/h5-8,10-11,15,25-26H,2-4,9,12H2,1H3,(H,27,28);2H,1H3. The SMILES string of the molecule is CCc1ccc(C(=O)O)cc1SNc1cc(C(F)(F)F)ccc1C1CCCNC1.CO. The minimum Gasteiger partial charge on any atom is -0.478 e. The van der Waals surface area contributed by atoms with Crippen LogP contribution >= 0.6 is 11.9 Å². The molecule has 1 atom stereocenters. The van der Waals surface area contributed by atoms with Gasteiger partial charge in [0.25, 0.3) is 0 Å². The van der Waals surface area contributed by atoms with Crippen LogP contribution < -0.4 is 10.0 Å². The largest absolute Gasteiger partial charge is 0.478 e. The summed E-state index contributed by atoms with van der Waals surface area (Å²) in [6, 6.07) is 8.65. The Morgan fingerprint density at radius 1 is 1.23 bits per heavy atom. The Kier molecular flexibility index (Phi) is 9.21. The molecule has 1 fully saturated rings. The van der Waals surface area contributed by atoms with Gasteiger partial charge in [-0.05, 0) is 79.1 Å². The zero-order valence-corrected chi connectivity index (χ0v) is 18.2. The van der Waals surface area contributed by atoms with Gasteiger partial charge in [0, 0.05) is 24.2 Å². The summed E-state index contributed by atoms with van der Waals surface area (Å²) < 4.78 is 42.8. The predicted octanol–water partition coefficient (Wildman–Crippen LogP) is 5.16. The number of aliphatic hydroxyl groups excluding tert-OH is 1. The van der Waals surface area contributed by atoms with Crippen molar-refractivity contribution < 1.29 is 28.2 Å². The van der Waals surface area contributed by atoms with Crippen molar-refractivity contribution in [2.24, 2.45) is 0 Å². The van der Waals surface area contributed by atoms with Gasteiger partial charge in [-0.15, -0.1) is 0 Å². The van der Waals surface area contributed by atoms with E-state index in [1.165, 1.54) is 6.07 Å². The van der Waals surface area contributed by atoms with Crippen molar-refractivity contribution in [1.82, 2.24) is 5.32 Å². The molecule has 2 aromatic carbocycles. The summed E-state index contributed by atoms with van der Waals surface area (Å²) in [5.74, 6) is -0.910. The number of nitrogens with one attached hydrogen (secondary N) is 2. The zero-order chi connectivity index (χ0) is 23.0. The number of carboxylic acids is 1. The second-order valence-corrected chi connectivity index (χ2v) is 7.88. The first-order valence-corrected chi connectivity index (χ1v) is 10.8. The van der Waals surface area contributed by atoms with Gasteiger partial charge in [-0.25, -0.2) is 4.79 Å². The topological polar surface area (TPSA) is 81.6 Å². The van der Waals surface area contributed by atoms with E-state index in [1.54, 1.807) is 18.2 Å². The van der Waals surface area contributed by atoms with E-state index in [9.17, 15) is 23.1 Å². The number of hydrogen-bond donors (Lipinski definition) is 4. The highest BCUT2D eigenvalue weighted by molar-refractivity contribution is 8.00. The molecule has 9 heteroatoms. The van der Waals surface area contributed by atoms with Crippen LogP contribution in [0.15, 0.2) is 41.3 Å². The monoisotopic (exact) mass is 456 g/mol. The highest BCUT2D eigenvalue weighted by Crippen LogP contribution is 2.38. The summed E-state index contributed by atoms with van der Waals surface area (Å²) in [6.07, 6.45) is -1.86. The Morgan fingerprint density at radius 3 is 2.55 bits per heavy atom. The number of benzene rings is 2. The molecule has 1 unspecified atom stereocenters. The molecule has 0 bridgehead atoms. The van der Waals surface area contributed by atoms with Gasteiger partial charge >= 0.3 is 12.1 Å². The van der Waals surface area contributed by atoms with Crippen molar-refractivity contribution in [3.8, 4) is 0 Å². The van der Waals surface area contributed by atoms with E-state index in [0.29, 0.717) is 17.0 Å². The first-order chi connectivity index (χ1) is 14.8. The third kappa shape index (κ3) is 6.62. The highest BCUT2D eigenvalue weighted by Gasteiger charge is 2.32. The molecule has 1 heterocycles. The average molecular weight is 457 g/mol. The quantitative estimate of drug-likeness (QED) is 0.450. The van der Waals surface area contributed by atoms with Gasteiger partial charge in [0.2, 0.25) is 0 Å². The van der Waals surface area contributed by atoms with Crippen LogP contribution in [0.2, 0.25) is 0 Å². The van der Waals surface area contributed by atoms with Gasteiger partial charge < -0.3 is 20.3 Å². The van der Waals surface area contributed by atoms with Crippen LogP contribution in [0.5, 0.6) is 0 Å². The smallest absolute Gasteiger partial charge is 0.416 e. The molecule has 2 aromatic rings. The molecule has 1 aliphatic heterocycles. The van der Waals surface area contributed by atoms with Gasteiger partial charge in [-0.3, -0.25) is 0 Å². The minimum absolute atomic E-state index is 0.130. The summed E-state index contributed by atoms with van der Waals surface area (Å²) in [4.78, 5) is 12.0. The number of hydrogen-bond acceptors (Lipinski definition) is 5. The van der Waals surface area contributed by atoms with Crippen molar-refractivity contribution in [2.75, 3.05) is 24.9 Å². The van der Waals surface area contributed by atoms with Crippen LogP contribution in [0.1, 0.15) is 52.7 Å². The van der Waals surface area contributed by atoms with Gasteiger partial charge in [-0.2, -0.15) is 13.2 Å². The highest BCUT2D eigenvalue weighted by atomic mass is 32.2. The van der Waals surface area contributed by atoms with Crippen molar-refractivity contribution in [2.45, 2.75) is 43.2 Å². The molecule has 3 rings (SSSR count). The van der Waals surface area contributed by atoms with E-state index < -0.39 is 17.7 Å². The van der Waals surface area contributed by atoms with E-state index in [1.807, 2.05) is 6.92 Å². The summed E-state index contributed by atoms with van der Waals surface area (Å²) in [5.41, 5.74) is 1.63. The number of piperidine rings is 1. The Bertz CT molecular complexity index is 885. The van der Waals surface area contributed by atoms with Crippen molar-refractivity contribution >= 4 is 23.6 Å². The lowest BCUT2D eigenvalue weighted by Crippen LogP contribution is -2.28. The Labute approximate surface area is 184 Å². The minimum atomic E-state index is -4.43. The lowest BCUT2D eigenvalue weighted by molar-refractivity contribution is -0.137. The van der Waals surface area contributed by atoms with Crippen molar-refractivity contribution in [3.63, 3.8) is 0 Å². The van der Waals surface area contributed by atoms with Gasteiger partial charge in [0.1, 0.15) is 0 Å². The van der Waals surface area contributed by atoms with E-state index in [-0.39, 0.29) is 11.5 Å². The Morgan fingerprint density at radius 2 is 1.97 bits per heavy atom. The van der Waals surface area contributed by atoms with E-state index in [2.05, 4.69) is 10.0 Å². The number of anilines is 1. The number of carboxylic acid groups (broad SMARTS) is 1. The number of rotatable bonds is 6. The van der Waals surface area contributed by atoms with Crippen LogP contribution in [-0.4, -0.2) is 36.4 Å². The number of aliphatic hydroxyl groups is 1. The van der Waals surface area contributed by atoms with E-state index in [0.717, 1.165) is 68.2 Å². The molecule has 0 spiro atoms. The van der Waals surface area contributed by atoms with Gasteiger partial charge in [0.05, 0.1) is 11.1 Å². The number of aromatic carboxylic acids is 1. The number of aryl methyl sites for hydroxylation is 1. The molecule has 1 saturated heterocycles. The van der Waals surface area contributed by atoms with E-state index >= 15 is 0 Å². The fourth-order valence-corrected chi connectivity index (χ4v) is 4.40. The summed E-state index contributed by atoms with van der Waals surface area (Å²) in [6.45, 7) is 3.58. The Hall–Kier alpha value is -2.23. The van der Waals surface area contributed by atoms with Crippen LogP contribution in [0.25, 0.3) is 0 Å². The second-order valence-electron chi connectivity index (χ2n) is 7.03. The fraction of sp³-hybridized carbons (Fsp3) is 0.409. The molecule has 0 saturated carbocycles. The van der Waals surface area contributed by atoms with Crippen LogP contribution in [-0.2, 0) is 12.6 Å². The lowest BCUT2D eigenvalue weighted by atomic mass is 9.90. The maximum atomic E-state index is 13.3. The molecule has 4 N–H and O–H groups in total. The summed E-state index contributed by atoms with van der Waals surface area (Å²) in [5, 5.41) is 19.5. The third-order valence-electron chi connectivity index (χ3n) is 5.08. The molecule has 0 aromatic heterocycles. The van der Waals surface area contributed by atoms with Crippen molar-refractivity contribution in [1.29, 1.82) is 0 Å². The molecule has 0 radical (unpaired) electrons. The maximum absolute atomic E-state index is 13.3. The molecule has 5 nitrogen and oxygen atoms in total. The molecule has 31 heavy (non-hydrogen) atoms. The first kappa shape index (κ1) is 25.0. The maximum Gasteiger partial charge on any atom is 0.416 e. The number of carbonyl (C=O) groups is 1. The summed E-state index contributed by atoms with van der Waals surface area (Å²) in [7, 11) is 1.00. The molecule has 1 aliphatic rings. The van der Waals surface area contributed by atoms with E-state index in [4.69, 9.17) is 5.11 Å². The van der Waals surface area contributed by atoms with Crippen molar-refractivity contribution in [3.05, 3.63) is 58.7 Å². The van der Waals surface area contributed by atoms with Gasteiger partial charge in [0.15, 0.2) is 0 Å². The second kappa shape index (κ2) is 11.4. The molecular weight excluding hydrogens is 429 g/mol. The molecule has 0 amide bonds. The number of alkyl halides is 3. The van der Waals surface area contributed by atoms with Gasteiger partial charge in [-0.1, -0.05) is 19.1 Å².